The molecule has 0 aliphatic carbocycles. The van der Waals surface area contributed by atoms with Crippen LogP contribution >= 0.6 is 11.3 Å². The highest BCUT2D eigenvalue weighted by molar-refractivity contribution is 7.89. The van der Waals surface area contributed by atoms with Crippen molar-refractivity contribution in [2.45, 2.75) is 17.6 Å². The minimum absolute atomic E-state index is 0.0589. The third-order valence-electron chi connectivity index (χ3n) is 3.60. The van der Waals surface area contributed by atoms with E-state index in [1.165, 1.54) is 18.2 Å². The fourth-order valence-corrected chi connectivity index (χ4v) is 3.89. The molecule has 0 radical (unpaired) electrons. The first kappa shape index (κ1) is 20.9. The molecular weight excluding hydrogens is 429 g/mol. The molecule has 3 aromatic rings. The lowest BCUT2D eigenvalue weighted by molar-refractivity contribution is -0.138. The second-order valence-corrected chi connectivity index (χ2v) is 8.45. The van der Waals surface area contributed by atoms with Gasteiger partial charge in [-0.2, -0.15) is 13.2 Å². The summed E-state index contributed by atoms with van der Waals surface area (Å²) < 4.78 is 65.0. The summed E-state index contributed by atoms with van der Waals surface area (Å²) in [5.74, 6) is -0.810. The molecule has 29 heavy (non-hydrogen) atoms. The molecule has 1 heterocycles. The predicted molar refractivity (Wildman–Crippen MR) is 99.8 cm³/mol. The van der Waals surface area contributed by atoms with Crippen LogP contribution in [0, 0.1) is 0 Å². The number of sulfonamides is 1. The van der Waals surface area contributed by atoms with E-state index in [1.54, 1.807) is 30.3 Å². The number of amides is 1. The van der Waals surface area contributed by atoms with E-state index < -0.39 is 27.1 Å². The molecule has 0 aliphatic heterocycles. The van der Waals surface area contributed by atoms with Crippen molar-refractivity contribution in [2.75, 3.05) is 5.32 Å². The van der Waals surface area contributed by atoms with E-state index in [9.17, 15) is 26.4 Å². The van der Waals surface area contributed by atoms with Gasteiger partial charge >= 0.3 is 6.18 Å². The van der Waals surface area contributed by atoms with E-state index in [0.717, 1.165) is 11.6 Å². The van der Waals surface area contributed by atoms with Gasteiger partial charge in [-0.1, -0.05) is 47.7 Å². The largest absolute Gasteiger partial charge is 0.445 e. The molecule has 7 nitrogen and oxygen atoms in total. The number of benzene rings is 2. The van der Waals surface area contributed by atoms with Crippen molar-refractivity contribution in [2.24, 2.45) is 0 Å². The van der Waals surface area contributed by atoms with Gasteiger partial charge in [-0.25, -0.2) is 13.1 Å². The number of hydrogen-bond donors (Lipinski definition) is 2. The number of halogens is 3. The van der Waals surface area contributed by atoms with Crippen molar-refractivity contribution in [3.8, 4) is 0 Å². The number of carbonyl (C=O) groups excluding carboxylic acids is 1. The molecular formula is C17H13F3N4O3S2. The summed E-state index contributed by atoms with van der Waals surface area (Å²) in [7, 11) is -3.91. The van der Waals surface area contributed by atoms with Crippen LogP contribution in [0.2, 0.25) is 0 Å². The SMILES string of the molecule is O=C(Nc1nnc(C(F)(F)F)s1)c1cccc(S(=O)(=O)NCc2ccccc2)c1. The van der Waals surface area contributed by atoms with Crippen molar-refractivity contribution >= 4 is 32.4 Å². The molecule has 152 valence electrons. The van der Waals surface area contributed by atoms with Gasteiger partial charge in [-0.05, 0) is 23.8 Å². The summed E-state index contributed by atoms with van der Waals surface area (Å²) in [6.45, 7) is 0.0601. The number of aromatic nitrogens is 2. The fraction of sp³-hybridized carbons (Fsp3) is 0.118. The van der Waals surface area contributed by atoms with Crippen LogP contribution < -0.4 is 10.0 Å². The van der Waals surface area contributed by atoms with Crippen molar-refractivity contribution in [3.63, 3.8) is 0 Å². The molecule has 1 aromatic heterocycles. The number of hydrogen-bond acceptors (Lipinski definition) is 6. The number of anilines is 1. The van der Waals surface area contributed by atoms with Crippen molar-refractivity contribution in [1.29, 1.82) is 0 Å². The molecule has 0 aliphatic rings. The lowest BCUT2D eigenvalue weighted by Gasteiger charge is -2.08. The molecule has 0 spiro atoms. The Balaban J connectivity index is 1.72. The predicted octanol–water partition coefficient (Wildman–Crippen LogP) is 3.29. The highest BCUT2D eigenvalue weighted by Gasteiger charge is 2.35. The Labute approximate surface area is 167 Å². The summed E-state index contributed by atoms with van der Waals surface area (Å²) in [6, 6.07) is 14.0. The lowest BCUT2D eigenvalue weighted by Crippen LogP contribution is -2.23. The third kappa shape index (κ3) is 5.37. The second kappa shape index (κ2) is 8.27. The van der Waals surface area contributed by atoms with E-state index >= 15 is 0 Å². The van der Waals surface area contributed by atoms with Gasteiger partial charge < -0.3 is 0 Å². The highest BCUT2D eigenvalue weighted by atomic mass is 32.2. The molecule has 0 saturated heterocycles. The Bertz CT molecular complexity index is 1120. The standard InChI is InChI=1S/C17H13F3N4O3S2/c18-17(19,20)15-23-24-16(28-15)22-14(25)12-7-4-8-13(9-12)29(26,27)21-10-11-5-2-1-3-6-11/h1-9,21H,10H2,(H,22,24,25). The average Bonchev–Trinajstić information content (AvgIpc) is 3.16. The van der Waals surface area contributed by atoms with Crippen LogP contribution in [0.25, 0.3) is 0 Å². The van der Waals surface area contributed by atoms with Crippen LogP contribution in [0.5, 0.6) is 0 Å². The molecule has 0 atom stereocenters. The first-order valence-electron chi connectivity index (χ1n) is 8.01. The number of carbonyl (C=O) groups is 1. The van der Waals surface area contributed by atoms with E-state index in [4.69, 9.17) is 0 Å². The average molecular weight is 442 g/mol. The van der Waals surface area contributed by atoms with Crippen LogP contribution in [0.15, 0.2) is 59.5 Å². The Morgan fingerprint density at radius 2 is 1.76 bits per heavy atom. The van der Waals surface area contributed by atoms with E-state index in [1.807, 2.05) is 0 Å². The fourth-order valence-electron chi connectivity index (χ4n) is 2.22. The first-order chi connectivity index (χ1) is 13.6. The number of rotatable bonds is 6. The van der Waals surface area contributed by atoms with E-state index in [2.05, 4.69) is 20.2 Å². The summed E-state index contributed by atoms with van der Waals surface area (Å²) >= 11 is 0.169. The molecule has 0 unspecified atom stereocenters. The van der Waals surface area contributed by atoms with Gasteiger partial charge in [-0.3, -0.25) is 10.1 Å². The normalized spacial score (nSPS) is 12.0. The quantitative estimate of drug-likeness (QED) is 0.610. The zero-order valence-electron chi connectivity index (χ0n) is 14.5. The number of alkyl halides is 3. The molecule has 12 heteroatoms. The van der Waals surface area contributed by atoms with Gasteiger partial charge in [0.05, 0.1) is 4.90 Å². The summed E-state index contributed by atoms with van der Waals surface area (Å²) in [4.78, 5) is 12.1. The Morgan fingerprint density at radius 3 is 2.41 bits per heavy atom. The number of nitrogens with one attached hydrogen (secondary N) is 2. The molecule has 0 saturated carbocycles. The molecule has 2 N–H and O–H groups in total. The van der Waals surface area contributed by atoms with Gasteiger partial charge in [0.1, 0.15) is 0 Å². The topological polar surface area (TPSA) is 101 Å². The second-order valence-electron chi connectivity index (χ2n) is 5.70. The van der Waals surface area contributed by atoms with Gasteiger partial charge in [0.25, 0.3) is 5.91 Å². The van der Waals surface area contributed by atoms with Crippen LogP contribution in [0.4, 0.5) is 18.3 Å². The maximum atomic E-state index is 12.6. The highest BCUT2D eigenvalue weighted by Crippen LogP contribution is 2.33. The van der Waals surface area contributed by atoms with E-state index in [-0.39, 0.29) is 33.5 Å². The summed E-state index contributed by atoms with van der Waals surface area (Å²) in [5, 5.41) is 6.86. The van der Waals surface area contributed by atoms with Crippen molar-refractivity contribution in [3.05, 3.63) is 70.7 Å². The van der Waals surface area contributed by atoms with Crippen molar-refractivity contribution in [1.82, 2.24) is 14.9 Å². The zero-order valence-corrected chi connectivity index (χ0v) is 16.1. The zero-order chi connectivity index (χ0) is 21.1. The monoisotopic (exact) mass is 442 g/mol. The Kier molecular flexibility index (Phi) is 5.96. The van der Waals surface area contributed by atoms with Gasteiger partial charge in [-0.15, -0.1) is 10.2 Å². The Hall–Kier alpha value is -2.83. The van der Waals surface area contributed by atoms with Gasteiger partial charge in [0.15, 0.2) is 0 Å². The third-order valence-corrected chi connectivity index (χ3v) is 5.89. The van der Waals surface area contributed by atoms with Gasteiger partial charge in [0, 0.05) is 12.1 Å². The summed E-state index contributed by atoms with van der Waals surface area (Å²) in [5.41, 5.74) is 0.693. The van der Waals surface area contributed by atoms with Crippen LogP contribution in [-0.2, 0) is 22.7 Å². The number of nitrogens with zero attached hydrogens (tertiary/aromatic N) is 2. The Morgan fingerprint density at radius 1 is 1.03 bits per heavy atom. The van der Waals surface area contributed by atoms with Gasteiger partial charge in [0.2, 0.25) is 20.2 Å². The molecule has 1 amide bonds. The smallest absolute Gasteiger partial charge is 0.296 e. The van der Waals surface area contributed by atoms with E-state index in [0.29, 0.717) is 0 Å². The van der Waals surface area contributed by atoms with Crippen LogP contribution in [0.3, 0.4) is 0 Å². The summed E-state index contributed by atoms with van der Waals surface area (Å²) in [6.07, 6.45) is -4.67. The van der Waals surface area contributed by atoms with Crippen molar-refractivity contribution < 1.29 is 26.4 Å². The molecule has 0 bridgehead atoms. The minimum Gasteiger partial charge on any atom is -0.296 e. The maximum Gasteiger partial charge on any atom is 0.445 e. The molecule has 2 aromatic carbocycles. The molecule has 3 rings (SSSR count). The van der Waals surface area contributed by atoms with Crippen LogP contribution in [0.1, 0.15) is 20.9 Å². The first-order valence-corrected chi connectivity index (χ1v) is 10.3. The minimum atomic E-state index is -4.67. The molecule has 0 fully saturated rings. The maximum absolute atomic E-state index is 12.6. The lowest BCUT2D eigenvalue weighted by atomic mass is 10.2. The van der Waals surface area contributed by atoms with Crippen LogP contribution in [-0.4, -0.2) is 24.5 Å².